The molecule has 108 valence electrons. The fraction of sp³-hybridized carbons (Fsp3) is 0.214. The van der Waals surface area contributed by atoms with E-state index in [0.29, 0.717) is 23.2 Å². The Morgan fingerprint density at radius 1 is 1.24 bits per heavy atom. The van der Waals surface area contributed by atoms with Crippen LogP contribution >= 0.6 is 27.5 Å². The lowest BCUT2D eigenvalue weighted by Gasteiger charge is -2.00. The predicted octanol–water partition coefficient (Wildman–Crippen LogP) is 3.96. The summed E-state index contributed by atoms with van der Waals surface area (Å²) in [4.78, 5) is 0. The summed E-state index contributed by atoms with van der Waals surface area (Å²) in [6.07, 6.45) is 2.30. The Morgan fingerprint density at radius 2 is 2.00 bits per heavy atom. The molecule has 2 aromatic heterocycles. The van der Waals surface area contributed by atoms with Crippen molar-refractivity contribution in [3.05, 3.63) is 51.4 Å². The predicted molar refractivity (Wildman–Crippen MR) is 83.2 cm³/mol. The zero-order valence-corrected chi connectivity index (χ0v) is 13.6. The van der Waals surface area contributed by atoms with Gasteiger partial charge in [0.25, 0.3) is 5.89 Å². The lowest BCUT2D eigenvalue weighted by atomic mass is 10.1. The Labute approximate surface area is 135 Å². The Balaban J connectivity index is 1.86. The topological polar surface area (TPSA) is 56.7 Å². The van der Waals surface area contributed by atoms with Crippen LogP contribution in [0.3, 0.4) is 0 Å². The van der Waals surface area contributed by atoms with Crippen molar-refractivity contribution in [1.82, 2.24) is 20.0 Å². The maximum atomic E-state index is 5.87. The summed E-state index contributed by atoms with van der Waals surface area (Å²) in [7, 11) is 0. The number of aryl methyl sites for hydroxylation is 1. The molecule has 0 radical (unpaired) electrons. The van der Waals surface area contributed by atoms with Gasteiger partial charge in [0.1, 0.15) is 5.69 Å². The third-order valence-corrected chi connectivity index (χ3v) is 3.86. The van der Waals surface area contributed by atoms with Crippen LogP contribution in [0.1, 0.15) is 18.4 Å². The molecule has 21 heavy (non-hydrogen) atoms. The first-order chi connectivity index (χ1) is 10.2. The molecule has 0 N–H and O–H groups in total. The van der Waals surface area contributed by atoms with Crippen LogP contribution in [0.2, 0.25) is 5.02 Å². The van der Waals surface area contributed by atoms with Gasteiger partial charge in [-0.3, -0.25) is 4.68 Å². The van der Waals surface area contributed by atoms with Gasteiger partial charge in [0, 0.05) is 11.6 Å². The minimum atomic E-state index is 0.463. The molecule has 2 heterocycles. The van der Waals surface area contributed by atoms with Gasteiger partial charge in [-0.25, -0.2) is 0 Å². The Hall–Kier alpha value is -1.66. The van der Waals surface area contributed by atoms with Crippen molar-refractivity contribution >= 4 is 27.5 Å². The van der Waals surface area contributed by atoms with Crippen molar-refractivity contribution in [3.63, 3.8) is 0 Å². The second-order valence-corrected chi connectivity index (χ2v) is 5.75. The number of hydrogen-bond donors (Lipinski definition) is 0. The van der Waals surface area contributed by atoms with E-state index in [1.165, 1.54) is 0 Å². The molecule has 3 aromatic rings. The van der Waals surface area contributed by atoms with Crippen LogP contribution in [0, 0.1) is 0 Å². The quantitative estimate of drug-likeness (QED) is 0.700. The van der Waals surface area contributed by atoms with E-state index in [9.17, 15) is 0 Å². The monoisotopic (exact) mass is 366 g/mol. The molecule has 0 saturated carbocycles. The van der Waals surface area contributed by atoms with Gasteiger partial charge in [-0.05, 0) is 40.5 Å². The maximum Gasteiger partial charge on any atom is 0.267 e. The van der Waals surface area contributed by atoms with Gasteiger partial charge in [0.2, 0.25) is 5.89 Å². The van der Waals surface area contributed by atoms with E-state index in [1.807, 2.05) is 35.9 Å². The first-order valence-corrected chi connectivity index (χ1v) is 7.63. The maximum absolute atomic E-state index is 5.87. The van der Waals surface area contributed by atoms with E-state index in [0.717, 1.165) is 22.3 Å². The Morgan fingerprint density at radius 3 is 2.71 bits per heavy atom. The van der Waals surface area contributed by atoms with Crippen molar-refractivity contribution in [1.29, 1.82) is 0 Å². The third-order valence-electron chi connectivity index (χ3n) is 3.03. The number of benzene rings is 1. The molecule has 0 spiro atoms. The standard InChI is InChI=1S/C14H12BrClN4O/c1-2-20-13(11(15)8-17-20)14-19-18-12(21-14)7-9-3-5-10(16)6-4-9/h3-6,8H,2,7H2,1H3. The largest absolute Gasteiger partial charge is 0.419 e. The van der Waals surface area contributed by atoms with E-state index in [4.69, 9.17) is 16.0 Å². The number of rotatable bonds is 4. The summed E-state index contributed by atoms with van der Waals surface area (Å²) in [5, 5.41) is 13.2. The zero-order chi connectivity index (χ0) is 14.8. The molecule has 0 unspecified atom stereocenters. The molecule has 0 amide bonds. The summed E-state index contributed by atoms with van der Waals surface area (Å²) < 4.78 is 8.39. The van der Waals surface area contributed by atoms with Crippen LogP contribution < -0.4 is 0 Å². The SMILES string of the molecule is CCn1ncc(Br)c1-c1nnc(Cc2ccc(Cl)cc2)o1. The van der Waals surface area contributed by atoms with E-state index in [2.05, 4.69) is 31.2 Å². The first kappa shape index (κ1) is 14.3. The van der Waals surface area contributed by atoms with Crippen LogP contribution in [-0.2, 0) is 13.0 Å². The molecule has 1 aromatic carbocycles. The van der Waals surface area contributed by atoms with Gasteiger partial charge in [0.05, 0.1) is 17.1 Å². The smallest absolute Gasteiger partial charge is 0.267 e. The highest BCUT2D eigenvalue weighted by Crippen LogP contribution is 2.27. The van der Waals surface area contributed by atoms with Crippen LogP contribution in [-0.4, -0.2) is 20.0 Å². The molecule has 0 atom stereocenters. The molecule has 5 nitrogen and oxygen atoms in total. The molecule has 0 aliphatic heterocycles. The summed E-state index contributed by atoms with van der Waals surface area (Å²) >= 11 is 9.32. The lowest BCUT2D eigenvalue weighted by Crippen LogP contribution is -1.99. The van der Waals surface area contributed by atoms with E-state index >= 15 is 0 Å². The summed E-state index contributed by atoms with van der Waals surface area (Å²) in [5.74, 6) is 1.02. The fourth-order valence-corrected chi connectivity index (χ4v) is 2.60. The van der Waals surface area contributed by atoms with Gasteiger partial charge >= 0.3 is 0 Å². The van der Waals surface area contributed by atoms with Gasteiger partial charge < -0.3 is 4.42 Å². The van der Waals surface area contributed by atoms with Crippen LogP contribution in [0.15, 0.2) is 39.4 Å². The zero-order valence-electron chi connectivity index (χ0n) is 11.3. The number of nitrogens with zero attached hydrogens (tertiary/aromatic N) is 4. The van der Waals surface area contributed by atoms with Crippen molar-refractivity contribution in [2.75, 3.05) is 0 Å². The minimum Gasteiger partial charge on any atom is -0.419 e. The Kier molecular flexibility index (Phi) is 4.07. The van der Waals surface area contributed by atoms with E-state index in [1.54, 1.807) is 6.20 Å². The Bertz CT molecular complexity index is 751. The normalized spacial score (nSPS) is 11.0. The summed E-state index contributed by atoms with van der Waals surface area (Å²) in [6, 6.07) is 7.57. The highest BCUT2D eigenvalue weighted by molar-refractivity contribution is 9.10. The van der Waals surface area contributed by atoms with Gasteiger partial charge in [-0.15, -0.1) is 10.2 Å². The molecule has 0 aliphatic rings. The number of hydrogen-bond acceptors (Lipinski definition) is 4. The van der Waals surface area contributed by atoms with Crippen molar-refractivity contribution in [2.24, 2.45) is 0 Å². The van der Waals surface area contributed by atoms with Gasteiger partial charge in [-0.2, -0.15) is 5.10 Å². The first-order valence-electron chi connectivity index (χ1n) is 6.46. The molecule has 0 bridgehead atoms. The van der Waals surface area contributed by atoms with Crippen LogP contribution in [0.5, 0.6) is 0 Å². The number of aromatic nitrogens is 4. The second kappa shape index (κ2) is 5.99. The molecule has 0 fully saturated rings. The highest BCUT2D eigenvalue weighted by Gasteiger charge is 2.17. The third kappa shape index (κ3) is 3.01. The van der Waals surface area contributed by atoms with Crippen molar-refractivity contribution in [2.45, 2.75) is 19.9 Å². The minimum absolute atomic E-state index is 0.463. The van der Waals surface area contributed by atoms with E-state index in [-0.39, 0.29) is 0 Å². The molecular formula is C14H12BrClN4O. The molecule has 0 aliphatic carbocycles. The van der Waals surface area contributed by atoms with Gasteiger partial charge in [-0.1, -0.05) is 23.7 Å². The van der Waals surface area contributed by atoms with Crippen LogP contribution in [0.25, 0.3) is 11.6 Å². The van der Waals surface area contributed by atoms with Gasteiger partial charge in [0.15, 0.2) is 0 Å². The fourth-order valence-electron chi connectivity index (χ4n) is 2.01. The molecular weight excluding hydrogens is 356 g/mol. The van der Waals surface area contributed by atoms with Crippen molar-refractivity contribution < 1.29 is 4.42 Å². The van der Waals surface area contributed by atoms with Crippen molar-refractivity contribution in [3.8, 4) is 11.6 Å². The second-order valence-electron chi connectivity index (χ2n) is 4.46. The highest BCUT2D eigenvalue weighted by atomic mass is 79.9. The molecule has 7 heteroatoms. The average molecular weight is 368 g/mol. The summed E-state index contributed by atoms with van der Waals surface area (Å²) in [6.45, 7) is 2.74. The lowest BCUT2D eigenvalue weighted by molar-refractivity contribution is 0.509. The number of halogens is 2. The summed E-state index contributed by atoms with van der Waals surface area (Å²) in [5.41, 5.74) is 1.87. The average Bonchev–Trinajstić information content (AvgIpc) is 3.07. The molecule has 3 rings (SSSR count). The van der Waals surface area contributed by atoms with E-state index < -0.39 is 0 Å². The van der Waals surface area contributed by atoms with Crippen LogP contribution in [0.4, 0.5) is 0 Å². The molecule has 0 saturated heterocycles.